The predicted molar refractivity (Wildman–Crippen MR) is 135 cm³/mol. The van der Waals surface area contributed by atoms with Crippen LogP contribution in [0, 0.1) is 5.92 Å². The summed E-state index contributed by atoms with van der Waals surface area (Å²) in [5, 5.41) is 0. The van der Waals surface area contributed by atoms with Crippen LogP contribution in [-0.4, -0.2) is 24.8 Å². The van der Waals surface area contributed by atoms with Crippen LogP contribution in [0.15, 0.2) is 42.6 Å². The van der Waals surface area contributed by atoms with Gasteiger partial charge in [-0.15, -0.1) is 0 Å². The lowest BCUT2D eigenvalue weighted by atomic mass is 10.0. The molecule has 0 unspecified atom stereocenters. The van der Waals surface area contributed by atoms with Gasteiger partial charge in [-0.3, -0.25) is 4.98 Å². The van der Waals surface area contributed by atoms with Gasteiger partial charge in [-0.1, -0.05) is 77.7 Å². The Morgan fingerprint density at radius 3 is 2.09 bits per heavy atom. The summed E-state index contributed by atoms with van der Waals surface area (Å²) in [6, 6.07) is 12.3. The second-order valence-electron chi connectivity index (χ2n) is 9.33. The van der Waals surface area contributed by atoms with Gasteiger partial charge in [0.05, 0.1) is 25.5 Å². The first-order chi connectivity index (χ1) is 16.3. The van der Waals surface area contributed by atoms with E-state index in [1.54, 1.807) is 0 Å². The molecule has 2 aromatic rings. The molecule has 182 valence electrons. The molecular weight excluding hydrogens is 410 g/mol. The van der Waals surface area contributed by atoms with Gasteiger partial charge in [0.25, 0.3) is 0 Å². The summed E-state index contributed by atoms with van der Waals surface area (Å²) in [5.74, 6) is 1.45. The maximum Gasteiger partial charge on any atom is 0.185 e. The third-order valence-corrected chi connectivity index (χ3v) is 6.41. The van der Waals surface area contributed by atoms with Crippen LogP contribution < -0.4 is 4.74 Å². The van der Waals surface area contributed by atoms with E-state index in [9.17, 15) is 0 Å². The zero-order chi connectivity index (χ0) is 23.1. The van der Waals surface area contributed by atoms with Crippen molar-refractivity contribution in [2.45, 2.75) is 90.8 Å². The summed E-state index contributed by atoms with van der Waals surface area (Å²) in [6.45, 7) is 6.84. The van der Waals surface area contributed by atoms with Crippen molar-refractivity contribution < 1.29 is 14.2 Å². The van der Waals surface area contributed by atoms with E-state index in [1.807, 2.05) is 24.4 Å². The van der Waals surface area contributed by atoms with Gasteiger partial charge in [-0.25, -0.2) is 0 Å². The monoisotopic (exact) mass is 453 g/mol. The van der Waals surface area contributed by atoms with Gasteiger partial charge in [-0.05, 0) is 43.2 Å². The molecule has 2 heterocycles. The van der Waals surface area contributed by atoms with Gasteiger partial charge in [0, 0.05) is 23.2 Å². The highest BCUT2D eigenvalue weighted by molar-refractivity contribution is 5.60. The Morgan fingerprint density at radius 1 is 0.788 bits per heavy atom. The SMILES string of the molecule is CCCCCCCOc1ccc(-c2ccc(C3OCC(CCCCCCC)CO3)cn2)cc1. The smallest absolute Gasteiger partial charge is 0.185 e. The maximum absolute atomic E-state index is 6.01. The molecule has 1 aliphatic rings. The quantitative estimate of drug-likeness (QED) is 0.255. The van der Waals surface area contributed by atoms with E-state index in [2.05, 4.69) is 37.0 Å². The van der Waals surface area contributed by atoms with Crippen molar-refractivity contribution in [3.8, 4) is 17.0 Å². The Kier molecular flexibility index (Phi) is 11.7. The highest BCUT2D eigenvalue weighted by Crippen LogP contribution is 2.28. The fourth-order valence-electron chi connectivity index (χ4n) is 4.27. The van der Waals surface area contributed by atoms with Crippen molar-refractivity contribution in [2.24, 2.45) is 5.92 Å². The molecule has 3 rings (SSSR count). The largest absolute Gasteiger partial charge is 0.494 e. The Hall–Kier alpha value is -1.91. The van der Waals surface area contributed by atoms with E-state index in [-0.39, 0.29) is 6.29 Å². The number of pyridine rings is 1. The molecule has 1 saturated heterocycles. The first-order valence-electron chi connectivity index (χ1n) is 13.2. The van der Waals surface area contributed by atoms with Crippen molar-refractivity contribution >= 4 is 0 Å². The molecule has 0 amide bonds. The summed E-state index contributed by atoms with van der Waals surface area (Å²) in [4.78, 5) is 4.65. The van der Waals surface area contributed by atoms with E-state index in [0.717, 1.165) is 48.8 Å². The minimum Gasteiger partial charge on any atom is -0.494 e. The van der Waals surface area contributed by atoms with E-state index < -0.39 is 0 Å². The molecular formula is C29H43NO3. The van der Waals surface area contributed by atoms with Crippen LogP contribution in [0.1, 0.15) is 96.3 Å². The maximum atomic E-state index is 6.01. The van der Waals surface area contributed by atoms with Crippen LogP contribution in [0.4, 0.5) is 0 Å². The summed E-state index contributed by atoms with van der Waals surface area (Å²) in [6.07, 6.45) is 15.6. The number of hydrogen-bond donors (Lipinski definition) is 0. The normalized spacial score (nSPS) is 18.4. The van der Waals surface area contributed by atoms with Gasteiger partial charge in [0.2, 0.25) is 0 Å². The molecule has 0 N–H and O–H groups in total. The molecule has 4 nitrogen and oxygen atoms in total. The molecule has 0 bridgehead atoms. The van der Waals surface area contributed by atoms with Crippen molar-refractivity contribution in [1.82, 2.24) is 4.98 Å². The predicted octanol–water partition coefficient (Wildman–Crippen LogP) is 8.12. The lowest BCUT2D eigenvalue weighted by Gasteiger charge is -2.29. The molecule has 33 heavy (non-hydrogen) atoms. The molecule has 0 radical (unpaired) electrons. The molecule has 0 aliphatic carbocycles. The molecule has 4 heteroatoms. The number of hydrogen-bond acceptors (Lipinski definition) is 4. The number of nitrogens with zero attached hydrogens (tertiary/aromatic N) is 1. The van der Waals surface area contributed by atoms with Crippen LogP contribution in [0.2, 0.25) is 0 Å². The Balaban J connectivity index is 1.39. The second kappa shape index (κ2) is 15.1. The van der Waals surface area contributed by atoms with E-state index in [4.69, 9.17) is 14.2 Å². The Morgan fingerprint density at radius 2 is 1.45 bits per heavy atom. The fourth-order valence-corrected chi connectivity index (χ4v) is 4.27. The number of aromatic nitrogens is 1. The van der Waals surface area contributed by atoms with Crippen molar-refractivity contribution in [1.29, 1.82) is 0 Å². The second-order valence-corrected chi connectivity index (χ2v) is 9.33. The lowest BCUT2D eigenvalue weighted by molar-refractivity contribution is -0.206. The first kappa shape index (κ1) is 25.7. The third kappa shape index (κ3) is 9.10. The highest BCUT2D eigenvalue weighted by Gasteiger charge is 2.23. The lowest BCUT2D eigenvalue weighted by Crippen LogP contribution is -2.27. The van der Waals surface area contributed by atoms with Crippen LogP contribution in [0.25, 0.3) is 11.3 Å². The first-order valence-corrected chi connectivity index (χ1v) is 13.2. The van der Waals surface area contributed by atoms with Crippen molar-refractivity contribution in [3.05, 3.63) is 48.2 Å². The molecule has 1 aromatic heterocycles. The molecule has 0 saturated carbocycles. The minimum absolute atomic E-state index is 0.295. The van der Waals surface area contributed by atoms with Crippen molar-refractivity contribution in [2.75, 3.05) is 19.8 Å². The average molecular weight is 454 g/mol. The summed E-state index contributed by atoms with van der Waals surface area (Å²) >= 11 is 0. The molecule has 0 atom stereocenters. The van der Waals surface area contributed by atoms with Crippen LogP contribution >= 0.6 is 0 Å². The minimum atomic E-state index is -0.295. The van der Waals surface area contributed by atoms with Crippen LogP contribution in [0.5, 0.6) is 5.75 Å². The summed E-state index contributed by atoms with van der Waals surface area (Å²) in [5.41, 5.74) is 3.03. The number of benzene rings is 1. The standard InChI is InChI=1S/C29H43NO3/c1-3-5-7-9-11-13-24-22-32-29(33-23-24)26-16-19-28(30-21-26)25-14-17-27(18-15-25)31-20-12-10-8-6-4-2/h14-19,21,24,29H,3-13,20,22-23H2,1-2H3. The zero-order valence-electron chi connectivity index (χ0n) is 20.8. The van der Waals surface area contributed by atoms with Gasteiger partial charge < -0.3 is 14.2 Å². The Bertz CT molecular complexity index is 751. The van der Waals surface area contributed by atoms with Gasteiger partial charge in [0.15, 0.2) is 6.29 Å². The number of unbranched alkanes of at least 4 members (excludes halogenated alkanes) is 8. The van der Waals surface area contributed by atoms with E-state index in [1.165, 1.54) is 64.2 Å². The summed E-state index contributed by atoms with van der Waals surface area (Å²) in [7, 11) is 0. The van der Waals surface area contributed by atoms with Crippen LogP contribution in [0.3, 0.4) is 0 Å². The van der Waals surface area contributed by atoms with E-state index >= 15 is 0 Å². The van der Waals surface area contributed by atoms with Crippen molar-refractivity contribution in [3.63, 3.8) is 0 Å². The third-order valence-electron chi connectivity index (χ3n) is 6.41. The number of rotatable bonds is 15. The number of ether oxygens (including phenoxy) is 3. The molecule has 1 aromatic carbocycles. The van der Waals surface area contributed by atoms with Gasteiger partial charge in [-0.2, -0.15) is 0 Å². The zero-order valence-corrected chi connectivity index (χ0v) is 20.8. The van der Waals surface area contributed by atoms with Crippen LogP contribution in [-0.2, 0) is 9.47 Å². The van der Waals surface area contributed by atoms with Gasteiger partial charge >= 0.3 is 0 Å². The van der Waals surface area contributed by atoms with Gasteiger partial charge in [0.1, 0.15) is 5.75 Å². The fraction of sp³-hybridized carbons (Fsp3) is 0.621. The average Bonchev–Trinajstić information content (AvgIpc) is 2.87. The molecule has 1 aliphatic heterocycles. The Labute approximate surface area is 201 Å². The summed E-state index contributed by atoms with van der Waals surface area (Å²) < 4.78 is 17.9. The van der Waals surface area contributed by atoms with E-state index in [0.29, 0.717) is 5.92 Å². The molecule has 0 spiro atoms. The highest BCUT2D eigenvalue weighted by atomic mass is 16.7. The molecule has 1 fully saturated rings. The topological polar surface area (TPSA) is 40.6 Å².